The van der Waals surface area contributed by atoms with Crippen LogP contribution in [0.4, 0.5) is 5.82 Å². The van der Waals surface area contributed by atoms with E-state index in [4.69, 9.17) is 0 Å². The fourth-order valence-electron chi connectivity index (χ4n) is 1.96. The predicted octanol–water partition coefficient (Wildman–Crippen LogP) is 4.22. The third kappa shape index (κ3) is 2.02. The minimum Gasteiger partial charge on any atom is -0.364 e. The van der Waals surface area contributed by atoms with Gasteiger partial charge in [0.25, 0.3) is 0 Å². The molecule has 3 rings (SSSR count). The zero-order valence-electron chi connectivity index (χ0n) is 10.3. The van der Waals surface area contributed by atoms with E-state index < -0.39 is 0 Å². The Morgan fingerprint density at radius 1 is 1.17 bits per heavy atom. The highest BCUT2D eigenvalue weighted by molar-refractivity contribution is 8.01. The molecular formula is C14H14N2S2. The van der Waals surface area contributed by atoms with Crippen molar-refractivity contribution in [2.24, 2.45) is 0 Å². The van der Waals surface area contributed by atoms with Crippen molar-refractivity contribution < 1.29 is 0 Å². The van der Waals surface area contributed by atoms with Crippen LogP contribution >= 0.6 is 23.1 Å². The molecule has 0 spiro atoms. The summed E-state index contributed by atoms with van der Waals surface area (Å²) in [5.74, 6) is 1.21. The molecule has 4 heteroatoms. The van der Waals surface area contributed by atoms with Crippen LogP contribution in [0, 0.1) is 0 Å². The van der Waals surface area contributed by atoms with Gasteiger partial charge in [-0.1, -0.05) is 23.9 Å². The summed E-state index contributed by atoms with van der Waals surface area (Å²) >= 11 is 3.62. The van der Waals surface area contributed by atoms with Crippen molar-refractivity contribution in [1.29, 1.82) is 0 Å². The first-order valence-corrected chi connectivity index (χ1v) is 7.44. The van der Waals surface area contributed by atoms with Gasteiger partial charge in [0.05, 0.1) is 9.73 Å². The second-order valence-corrected chi connectivity index (χ2v) is 6.54. The van der Waals surface area contributed by atoms with Gasteiger partial charge in [0, 0.05) is 25.2 Å². The van der Waals surface area contributed by atoms with E-state index in [2.05, 4.69) is 71.4 Å². The van der Waals surface area contributed by atoms with Crippen molar-refractivity contribution in [3.63, 3.8) is 0 Å². The molecule has 3 aromatic heterocycles. The van der Waals surface area contributed by atoms with Crippen LogP contribution in [-0.4, -0.2) is 18.5 Å². The molecule has 0 fully saturated rings. The van der Waals surface area contributed by atoms with Gasteiger partial charge in [-0.25, -0.2) is 0 Å². The second-order valence-electron chi connectivity index (χ2n) is 4.25. The Labute approximate surface area is 115 Å². The molecule has 0 unspecified atom stereocenters. The standard InChI is InChI=1S/C14H14N2S2/c1-15(2)13-10-12(18-14-7-5-9-17-14)11-6-3-4-8-16(11)13/h3-10H,1-2H3. The van der Waals surface area contributed by atoms with E-state index in [9.17, 15) is 0 Å². The molecule has 0 radical (unpaired) electrons. The van der Waals surface area contributed by atoms with Gasteiger partial charge in [-0.3, -0.25) is 0 Å². The van der Waals surface area contributed by atoms with Crippen LogP contribution in [0.3, 0.4) is 0 Å². The highest BCUT2D eigenvalue weighted by atomic mass is 32.2. The van der Waals surface area contributed by atoms with Gasteiger partial charge < -0.3 is 9.30 Å². The van der Waals surface area contributed by atoms with Gasteiger partial charge >= 0.3 is 0 Å². The van der Waals surface area contributed by atoms with Gasteiger partial charge in [0.15, 0.2) is 0 Å². The van der Waals surface area contributed by atoms with E-state index in [1.807, 2.05) is 11.8 Å². The maximum absolute atomic E-state index is 2.25. The zero-order valence-corrected chi connectivity index (χ0v) is 12.0. The number of thiophene rings is 1. The molecule has 0 atom stereocenters. The lowest BCUT2D eigenvalue weighted by atomic mass is 10.4. The fraction of sp³-hybridized carbons (Fsp3) is 0.143. The van der Waals surface area contributed by atoms with Gasteiger partial charge in [0.2, 0.25) is 0 Å². The number of hydrogen-bond donors (Lipinski definition) is 0. The first-order valence-electron chi connectivity index (χ1n) is 5.74. The summed E-state index contributed by atoms with van der Waals surface area (Å²) in [4.78, 5) is 3.45. The van der Waals surface area contributed by atoms with Crippen molar-refractivity contribution in [1.82, 2.24) is 4.40 Å². The van der Waals surface area contributed by atoms with E-state index in [1.54, 1.807) is 11.3 Å². The van der Waals surface area contributed by atoms with E-state index in [0.717, 1.165) is 0 Å². The van der Waals surface area contributed by atoms with Gasteiger partial charge in [0.1, 0.15) is 5.82 Å². The van der Waals surface area contributed by atoms with Crippen molar-refractivity contribution in [3.8, 4) is 0 Å². The number of pyridine rings is 1. The minimum atomic E-state index is 1.21. The molecule has 18 heavy (non-hydrogen) atoms. The Hall–Kier alpha value is -1.39. The van der Waals surface area contributed by atoms with Crippen LogP contribution in [0.1, 0.15) is 0 Å². The van der Waals surface area contributed by atoms with E-state index in [1.165, 1.54) is 20.4 Å². The molecule has 0 aliphatic rings. The van der Waals surface area contributed by atoms with E-state index >= 15 is 0 Å². The highest BCUT2D eigenvalue weighted by Crippen LogP contribution is 2.37. The molecule has 0 amide bonds. The van der Waals surface area contributed by atoms with Crippen LogP contribution < -0.4 is 4.90 Å². The lowest BCUT2D eigenvalue weighted by molar-refractivity contribution is 1.04. The summed E-state index contributed by atoms with van der Waals surface area (Å²) < 4.78 is 3.56. The van der Waals surface area contributed by atoms with Crippen LogP contribution in [-0.2, 0) is 0 Å². The second kappa shape index (κ2) is 4.71. The Balaban J connectivity index is 2.11. The summed E-state index contributed by atoms with van der Waals surface area (Å²) in [5, 5.41) is 2.12. The Kier molecular flexibility index (Phi) is 3.06. The number of fused-ring (bicyclic) bond motifs is 1. The summed E-state index contributed by atoms with van der Waals surface area (Å²) in [7, 11) is 4.16. The monoisotopic (exact) mass is 274 g/mol. The Morgan fingerprint density at radius 3 is 2.78 bits per heavy atom. The van der Waals surface area contributed by atoms with Gasteiger partial charge in [-0.15, -0.1) is 11.3 Å². The van der Waals surface area contributed by atoms with Crippen LogP contribution in [0.15, 0.2) is 57.1 Å². The van der Waals surface area contributed by atoms with Crippen molar-refractivity contribution in [3.05, 3.63) is 48.0 Å². The fourth-order valence-corrected chi connectivity index (χ4v) is 3.84. The summed E-state index contributed by atoms with van der Waals surface area (Å²) in [6.07, 6.45) is 2.11. The van der Waals surface area contributed by atoms with Crippen LogP contribution in [0.2, 0.25) is 0 Å². The molecule has 3 heterocycles. The molecule has 0 saturated carbocycles. The number of hydrogen-bond acceptors (Lipinski definition) is 3. The maximum atomic E-state index is 2.25. The highest BCUT2D eigenvalue weighted by Gasteiger charge is 2.11. The third-order valence-electron chi connectivity index (χ3n) is 2.78. The molecule has 0 aromatic carbocycles. The molecule has 0 N–H and O–H groups in total. The Bertz CT molecular complexity index is 654. The summed E-state index contributed by atoms with van der Waals surface area (Å²) in [6.45, 7) is 0. The zero-order chi connectivity index (χ0) is 12.5. The average molecular weight is 274 g/mol. The third-order valence-corrected chi connectivity index (χ3v) is 4.87. The number of aromatic nitrogens is 1. The topological polar surface area (TPSA) is 7.65 Å². The van der Waals surface area contributed by atoms with Crippen LogP contribution in [0.5, 0.6) is 0 Å². The first kappa shape index (κ1) is 11.7. The van der Waals surface area contributed by atoms with Crippen LogP contribution in [0.25, 0.3) is 5.52 Å². The Morgan fingerprint density at radius 2 is 2.06 bits per heavy atom. The smallest absolute Gasteiger partial charge is 0.113 e. The lowest BCUT2D eigenvalue weighted by Crippen LogP contribution is -2.10. The first-order chi connectivity index (χ1) is 8.75. The van der Waals surface area contributed by atoms with Crippen molar-refractivity contribution >= 4 is 34.4 Å². The molecule has 2 nitrogen and oxygen atoms in total. The molecule has 0 saturated heterocycles. The molecule has 92 valence electrons. The minimum absolute atomic E-state index is 1.21. The number of nitrogens with zero attached hydrogens (tertiary/aromatic N) is 2. The van der Waals surface area contributed by atoms with Gasteiger partial charge in [-0.2, -0.15) is 0 Å². The normalized spacial score (nSPS) is 11.0. The molecular weight excluding hydrogens is 260 g/mol. The molecule has 0 bridgehead atoms. The van der Waals surface area contributed by atoms with Crippen molar-refractivity contribution in [2.75, 3.05) is 19.0 Å². The molecule has 3 aromatic rings. The summed E-state index contributed by atoms with van der Waals surface area (Å²) in [6, 6.07) is 12.8. The summed E-state index contributed by atoms with van der Waals surface area (Å²) in [5.41, 5.74) is 1.26. The largest absolute Gasteiger partial charge is 0.364 e. The van der Waals surface area contributed by atoms with Crippen molar-refractivity contribution in [2.45, 2.75) is 9.10 Å². The quantitative estimate of drug-likeness (QED) is 0.706. The van der Waals surface area contributed by atoms with Gasteiger partial charge in [-0.05, 0) is 29.6 Å². The number of anilines is 1. The van der Waals surface area contributed by atoms with E-state index in [-0.39, 0.29) is 0 Å². The predicted molar refractivity (Wildman–Crippen MR) is 80.2 cm³/mol. The molecule has 0 aliphatic carbocycles. The molecule has 0 aliphatic heterocycles. The average Bonchev–Trinajstić information content (AvgIpc) is 2.98. The number of rotatable bonds is 3. The SMILES string of the molecule is CN(C)c1cc(Sc2cccs2)c2ccccn12. The van der Waals surface area contributed by atoms with E-state index in [0.29, 0.717) is 0 Å². The maximum Gasteiger partial charge on any atom is 0.113 e. The lowest BCUT2D eigenvalue weighted by Gasteiger charge is -2.11.